The van der Waals surface area contributed by atoms with E-state index >= 15 is 0 Å². The highest BCUT2D eigenvalue weighted by Gasteiger charge is 2.25. The van der Waals surface area contributed by atoms with Gasteiger partial charge in [0, 0.05) is 18.1 Å². The number of nitrogens with two attached hydrogens (primary N) is 1. The molecule has 1 unspecified atom stereocenters. The van der Waals surface area contributed by atoms with Crippen LogP contribution in [0.25, 0.3) is 10.9 Å². The fraction of sp³-hybridized carbons (Fsp3) is 0.0909. The topological polar surface area (TPSA) is 106 Å². The van der Waals surface area contributed by atoms with E-state index in [2.05, 4.69) is 37.4 Å². The van der Waals surface area contributed by atoms with Crippen LogP contribution in [0.15, 0.2) is 67.0 Å². The Morgan fingerprint density at radius 1 is 1.09 bits per heavy atom. The lowest BCUT2D eigenvalue weighted by atomic mass is 10.1. The molecule has 0 bridgehead atoms. The molecule has 4 rings (SSSR count). The summed E-state index contributed by atoms with van der Waals surface area (Å²) in [6.45, 7) is 0.435. The van der Waals surface area contributed by atoms with Gasteiger partial charge in [-0.1, -0.05) is 60.1 Å². The summed E-state index contributed by atoms with van der Waals surface area (Å²) in [6, 6.07) is 16.7. The normalized spacial score (nSPS) is 11.2. The third kappa shape index (κ3) is 5.26. The molecule has 0 spiro atoms. The molecule has 0 aliphatic rings. The Labute approximate surface area is 209 Å². The number of fused-ring (bicyclic) bond motifs is 1. The number of nitrogens with one attached hydrogen (secondary N) is 1. The number of pyridine rings is 1. The van der Waals surface area contributed by atoms with Crippen LogP contribution in [0.4, 0.5) is 11.5 Å². The molecule has 0 saturated heterocycles. The molecular formula is C22H19ClIN6O2P. The van der Waals surface area contributed by atoms with Gasteiger partial charge >= 0.3 is 11.8 Å². The highest BCUT2D eigenvalue weighted by molar-refractivity contribution is 14.2. The number of benzene rings is 2. The van der Waals surface area contributed by atoms with Crippen LogP contribution in [-0.4, -0.2) is 31.2 Å². The third-order valence-electron chi connectivity index (χ3n) is 4.98. The molecule has 168 valence electrons. The minimum atomic E-state index is -0.782. The summed E-state index contributed by atoms with van der Waals surface area (Å²) in [5.74, 6) is -1.17. The van der Waals surface area contributed by atoms with Gasteiger partial charge in [0.2, 0.25) is 0 Å². The van der Waals surface area contributed by atoms with Crippen molar-refractivity contribution in [3.63, 3.8) is 0 Å². The van der Waals surface area contributed by atoms with Gasteiger partial charge in [-0.15, -0.1) is 0 Å². The standard InChI is InChI=1S/C22H19ClIN6O2P/c23-17-9-5-4-8-15(17)13-29(12-14-6-2-1-3-7-14)22(32)21(31)28-18-11-26-20(25)16-10-27-30(33-24)19(16)18/h1-11,33H,12-13H2,(H2,25,26)(H,28,31). The number of hydrogen-bond donors (Lipinski definition) is 2. The summed E-state index contributed by atoms with van der Waals surface area (Å²) < 4.78 is 1.71. The Morgan fingerprint density at radius 2 is 1.82 bits per heavy atom. The van der Waals surface area contributed by atoms with Crippen molar-refractivity contribution in [1.29, 1.82) is 0 Å². The maximum Gasteiger partial charge on any atom is 0.314 e. The summed E-state index contributed by atoms with van der Waals surface area (Å²) in [6.07, 6.45) is 3.31. The van der Waals surface area contributed by atoms with Crippen molar-refractivity contribution in [1.82, 2.24) is 19.4 Å². The zero-order valence-electron chi connectivity index (χ0n) is 17.2. The summed E-state index contributed by atoms with van der Waals surface area (Å²) in [4.78, 5) is 31.9. The zero-order chi connectivity index (χ0) is 23.4. The first kappa shape index (κ1) is 23.4. The highest BCUT2D eigenvalue weighted by Crippen LogP contribution is 2.34. The SMILES string of the molecule is Nc1ncc(NC(=O)C(=O)N(Cc2ccccc2)Cc2ccccc2Cl)c2c1cnn2PI. The van der Waals surface area contributed by atoms with Gasteiger partial charge < -0.3 is 16.0 Å². The average molecular weight is 593 g/mol. The van der Waals surface area contributed by atoms with Gasteiger partial charge in [0.05, 0.1) is 29.8 Å². The van der Waals surface area contributed by atoms with Gasteiger partial charge in [-0.2, -0.15) is 5.10 Å². The molecule has 2 aromatic carbocycles. The van der Waals surface area contributed by atoms with Crippen molar-refractivity contribution < 1.29 is 9.59 Å². The predicted molar refractivity (Wildman–Crippen MR) is 140 cm³/mol. The molecule has 8 nitrogen and oxygen atoms in total. The molecule has 4 aromatic rings. The van der Waals surface area contributed by atoms with E-state index in [0.717, 1.165) is 11.1 Å². The molecule has 33 heavy (non-hydrogen) atoms. The molecule has 0 saturated carbocycles. The number of carbonyl (C=O) groups is 2. The summed E-state index contributed by atoms with van der Waals surface area (Å²) in [7, 11) is 0. The average Bonchev–Trinajstić information content (AvgIpc) is 3.27. The second-order valence-electron chi connectivity index (χ2n) is 7.15. The lowest BCUT2D eigenvalue weighted by Gasteiger charge is -2.23. The Morgan fingerprint density at radius 3 is 2.55 bits per heavy atom. The minimum Gasteiger partial charge on any atom is -0.383 e. The lowest BCUT2D eigenvalue weighted by molar-refractivity contribution is -0.144. The van der Waals surface area contributed by atoms with E-state index < -0.39 is 11.8 Å². The monoisotopic (exact) mass is 592 g/mol. The van der Waals surface area contributed by atoms with Crippen LogP contribution < -0.4 is 11.1 Å². The van der Waals surface area contributed by atoms with Gasteiger partial charge in [0.1, 0.15) is 11.3 Å². The molecule has 0 aliphatic carbocycles. The van der Waals surface area contributed by atoms with Crippen LogP contribution in [0.5, 0.6) is 0 Å². The fourth-order valence-electron chi connectivity index (χ4n) is 3.37. The first-order chi connectivity index (χ1) is 16.0. The highest BCUT2D eigenvalue weighted by atomic mass is 127. The van der Waals surface area contributed by atoms with E-state index in [1.807, 2.05) is 48.5 Å². The van der Waals surface area contributed by atoms with Crippen LogP contribution in [0.3, 0.4) is 0 Å². The Hall–Kier alpha value is -2.75. The van der Waals surface area contributed by atoms with Crippen LogP contribution >= 0.6 is 40.0 Å². The fourth-order valence-corrected chi connectivity index (χ4v) is 5.09. The minimum absolute atomic E-state index is 0.184. The van der Waals surface area contributed by atoms with Gasteiger partial charge in [0.25, 0.3) is 0 Å². The first-order valence-corrected chi connectivity index (χ1v) is 14.3. The van der Waals surface area contributed by atoms with Crippen molar-refractivity contribution in [2.45, 2.75) is 13.1 Å². The Kier molecular flexibility index (Phi) is 7.42. The summed E-state index contributed by atoms with van der Waals surface area (Å²) in [5.41, 5.74) is 8.59. The number of anilines is 2. The molecule has 2 heterocycles. The number of rotatable bonds is 6. The van der Waals surface area contributed by atoms with Crippen molar-refractivity contribution >= 4 is 74.2 Å². The first-order valence-electron chi connectivity index (χ1n) is 9.84. The summed E-state index contributed by atoms with van der Waals surface area (Å²) >= 11 is 8.50. The number of hydrogen-bond acceptors (Lipinski definition) is 5. The zero-order valence-corrected chi connectivity index (χ0v) is 21.1. The quantitative estimate of drug-likeness (QED) is 0.193. The van der Waals surface area contributed by atoms with Crippen molar-refractivity contribution in [3.8, 4) is 0 Å². The number of nitrogens with zero attached hydrogens (tertiary/aromatic N) is 4. The van der Waals surface area contributed by atoms with Gasteiger partial charge in [-0.05, 0) is 39.2 Å². The number of amides is 2. The van der Waals surface area contributed by atoms with Crippen LogP contribution in [0.1, 0.15) is 11.1 Å². The van der Waals surface area contributed by atoms with E-state index in [9.17, 15) is 9.59 Å². The lowest BCUT2D eigenvalue weighted by Crippen LogP contribution is -2.39. The number of halogens is 2. The predicted octanol–water partition coefficient (Wildman–Crippen LogP) is 4.63. The maximum absolute atomic E-state index is 13.3. The van der Waals surface area contributed by atoms with Crippen LogP contribution in [0, 0.1) is 0 Å². The van der Waals surface area contributed by atoms with Gasteiger partial charge in [0.15, 0.2) is 0 Å². The molecule has 11 heteroatoms. The summed E-state index contributed by atoms with van der Waals surface area (Å²) in [5, 5.41) is 8.12. The van der Waals surface area contributed by atoms with Crippen molar-refractivity contribution in [2.75, 3.05) is 11.1 Å². The second kappa shape index (κ2) is 10.5. The molecule has 3 N–H and O–H groups in total. The molecular weight excluding hydrogens is 574 g/mol. The van der Waals surface area contributed by atoms with E-state index in [0.29, 0.717) is 27.4 Å². The molecule has 2 aromatic heterocycles. The maximum atomic E-state index is 13.3. The third-order valence-corrected chi connectivity index (χ3v) is 7.22. The smallest absolute Gasteiger partial charge is 0.314 e. The second-order valence-corrected chi connectivity index (χ2v) is 9.60. The number of carbonyl (C=O) groups excluding carboxylic acids is 2. The van der Waals surface area contributed by atoms with E-state index in [4.69, 9.17) is 17.3 Å². The van der Waals surface area contributed by atoms with E-state index in [-0.39, 0.29) is 19.5 Å². The number of aromatic nitrogens is 3. The van der Waals surface area contributed by atoms with Crippen molar-refractivity contribution in [2.24, 2.45) is 0 Å². The van der Waals surface area contributed by atoms with Crippen LogP contribution in [-0.2, 0) is 22.7 Å². The molecule has 0 aliphatic heterocycles. The van der Waals surface area contributed by atoms with Crippen LogP contribution in [0.2, 0.25) is 5.02 Å². The molecule has 1 atom stereocenters. The molecule has 0 fully saturated rings. The molecule has 0 radical (unpaired) electrons. The Bertz CT molecular complexity index is 1320. The molecule has 2 amide bonds. The van der Waals surface area contributed by atoms with E-state index in [1.165, 1.54) is 11.1 Å². The Balaban J connectivity index is 1.62. The number of nitrogen functional groups attached to an aromatic ring is 1. The van der Waals surface area contributed by atoms with Gasteiger partial charge in [-0.3, -0.25) is 9.59 Å². The van der Waals surface area contributed by atoms with Gasteiger partial charge in [-0.25, -0.2) is 9.44 Å². The largest absolute Gasteiger partial charge is 0.383 e. The van der Waals surface area contributed by atoms with E-state index in [1.54, 1.807) is 16.7 Å². The van der Waals surface area contributed by atoms with Crippen molar-refractivity contribution in [3.05, 3.63) is 83.1 Å².